The van der Waals surface area contributed by atoms with Gasteiger partial charge in [-0.2, -0.15) is 0 Å². The summed E-state index contributed by atoms with van der Waals surface area (Å²) < 4.78 is 31.4. The highest BCUT2D eigenvalue weighted by atomic mass is 35.5. The van der Waals surface area contributed by atoms with E-state index in [0.717, 1.165) is 0 Å². The largest absolute Gasteiger partial charge is 0.443 e. The molecule has 1 amide bonds. The minimum atomic E-state index is -3.13. The van der Waals surface area contributed by atoms with Gasteiger partial charge in [-0.05, 0) is 24.1 Å². The van der Waals surface area contributed by atoms with Crippen LogP contribution in [0.5, 0.6) is 0 Å². The van der Waals surface area contributed by atoms with Crippen LogP contribution < -0.4 is 5.32 Å². The van der Waals surface area contributed by atoms with Crippen LogP contribution >= 0.6 is 11.6 Å². The van der Waals surface area contributed by atoms with Crippen molar-refractivity contribution < 1.29 is 18.3 Å². The third-order valence-electron chi connectivity index (χ3n) is 2.60. The Hall–Kier alpha value is -1.36. The number of nitrogens with one attached hydrogen (secondary N) is 1. The van der Waals surface area contributed by atoms with E-state index in [2.05, 4.69) is 10.1 Å². The first-order chi connectivity index (χ1) is 7.90. The molecule has 0 unspecified atom stereocenters. The van der Waals surface area contributed by atoms with Crippen LogP contribution in [0.1, 0.15) is 17.2 Å². The van der Waals surface area contributed by atoms with Gasteiger partial charge in [0, 0.05) is 5.02 Å². The van der Waals surface area contributed by atoms with Crippen molar-refractivity contribution in [3.63, 3.8) is 0 Å². The second kappa shape index (κ2) is 4.14. The molecule has 1 aliphatic rings. The molecule has 1 fully saturated rings. The van der Waals surface area contributed by atoms with Crippen molar-refractivity contribution >= 4 is 17.7 Å². The molecule has 1 aromatic carbocycles. The summed E-state index contributed by atoms with van der Waals surface area (Å²) in [5.74, 6) is -3.13. The Morgan fingerprint density at radius 2 is 2.24 bits per heavy atom. The van der Waals surface area contributed by atoms with E-state index >= 15 is 0 Å². The first-order valence-corrected chi connectivity index (χ1v) is 5.35. The van der Waals surface area contributed by atoms with E-state index in [4.69, 9.17) is 11.6 Å². The molecular weight excluding hydrogens is 252 g/mol. The van der Waals surface area contributed by atoms with E-state index in [1.165, 1.54) is 18.2 Å². The van der Waals surface area contributed by atoms with Crippen LogP contribution in [0.3, 0.4) is 0 Å². The second-order valence-corrected chi connectivity index (χ2v) is 4.33. The number of carbonyl (C=O) groups is 1. The summed E-state index contributed by atoms with van der Waals surface area (Å²) >= 11 is 5.82. The maximum Gasteiger partial charge on any atom is 0.408 e. The van der Waals surface area contributed by atoms with Crippen LogP contribution in [-0.4, -0.2) is 18.6 Å². The minimum absolute atomic E-state index is 0.313. The summed E-state index contributed by atoms with van der Waals surface area (Å²) in [5.41, 5.74) is 0.995. The lowest BCUT2D eigenvalue weighted by atomic mass is 9.98. The molecule has 1 aliphatic heterocycles. The topological polar surface area (TPSA) is 38.3 Å². The standard InChI is InChI=1S/C11H10ClF2NO2/c1-6-4-7(2-3-8(6)12)9-11(13,14)5-17-10(16)15-9/h2-4,9H,5H2,1H3,(H,15,16)/t9-/m0/s1. The molecule has 0 bridgehead atoms. The lowest BCUT2D eigenvalue weighted by Gasteiger charge is -2.32. The number of cyclic esters (lactones) is 1. The fourth-order valence-electron chi connectivity index (χ4n) is 1.68. The summed E-state index contributed by atoms with van der Waals surface area (Å²) in [5, 5.41) is 2.61. The maximum atomic E-state index is 13.6. The molecule has 1 N–H and O–H groups in total. The molecule has 17 heavy (non-hydrogen) atoms. The van der Waals surface area contributed by atoms with Gasteiger partial charge in [0.25, 0.3) is 0 Å². The molecule has 92 valence electrons. The lowest BCUT2D eigenvalue weighted by Crippen LogP contribution is -2.49. The number of amides is 1. The molecule has 2 rings (SSSR count). The average Bonchev–Trinajstić information content (AvgIpc) is 2.26. The average molecular weight is 262 g/mol. The Labute approximate surface area is 102 Å². The van der Waals surface area contributed by atoms with Gasteiger partial charge >= 0.3 is 12.0 Å². The Morgan fingerprint density at radius 3 is 2.88 bits per heavy atom. The zero-order valence-electron chi connectivity index (χ0n) is 8.97. The third-order valence-corrected chi connectivity index (χ3v) is 3.02. The van der Waals surface area contributed by atoms with Gasteiger partial charge in [0.05, 0.1) is 0 Å². The number of halogens is 3. The molecule has 0 spiro atoms. The van der Waals surface area contributed by atoms with Crippen LogP contribution in [0.4, 0.5) is 13.6 Å². The van der Waals surface area contributed by atoms with E-state index in [0.29, 0.717) is 16.1 Å². The van der Waals surface area contributed by atoms with Crippen molar-refractivity contribution in [2.75, 3.05) is 6.61 Å². The van der Waals surface area contributed by atoms with E-state index in [1.54, 1.807) is 6.92 Å². The van der Waals surface area contributed by atoms with Crippen LogP contribution in [0, 0.1) is 6.92 Å². The Bertz CT molecular complexity index is 465. The van der Waals surface area contributed by atoms with Crippen molar-refractivity contribution in [2.45, 2.75) is 18.9 Å². The highest BCUT2D eigenvalue weighted by Gasteiger charge is 2.46. The predicted octanol–water partition coefficient (Wildman–Crippen LogP) is 3.06. The number of benzene rings is 1. The fourth-order valence-corrected chi connectivity index (χ4v) is 1.80. The minimum Gasteiger partial charge on any atom is -0.443 e. The van der Waals surface area contributed by atoms with Gasteiger partial charge < -0.3 is 10.1 Å². The first-order valence-electron chi connectivity index (χ1n) is 4.97. The fraction of sp³-hybridized carbons (Fsp3) is 0.364. The van der Waals surface area contributed by atoms with Gasteiger partial charge in [0.1, 0.15) is 6.04 Å². The number of hydrogen-bond donors (Lipinski definition) is 1. The number of alkyl halides is 2. The number of aryl methyl sites for hydroxylation is 1. The molecule has 0 aromatic heterocycles. The van der Waals surface area contributed by atoms with Crippen LogP contribution in [0.15, 0.2) is 18.2 Å². The van der Waals surface area contributed by atoms with Crippen LogP contribution in [0.2, 0.25) is 5.02 Å². The van der Waals surface area contributed by atoms with Crippen LogP contribution in [0.25, 0.3) is 0 Å². The summed E-state index contributed by atoms with van der Waals surface area (Å²) in [7, 11) is 0. The molecule has 0 radical (unpaired) electrons. The van der Waals surface area contributed by atoms with Gasteiger partial charge in [-0.15, -0.1) is 0 Å². The molecule has 1 aromatic rings. The van der Waals surface area contributed by atoms with Crippen molar-refractivity contribution in [2.24, 2.45) is 0 Å². The Morgan fingerprint density at radius 1 is 1.53 bits per heavy atom. The van der Waals surface area contributed by atoms with E-state index in [9.17, 15) is 13.6 Å². The second-order valence-electron chi connectivity index (χ2n) is 3.92. The first kappa shape index (κ1) is 12.1. The van der Waals surface area contributed by atoms with E-state index < -0.39 is 24.7 Å². The van der Waals surface area contributed by atoms with Gasteiger partial charge in [-0.1, -0.05) is 23.7 Å². The highest BCUT2D eigenvalue weighted by molar-refractivity contribution is 6.31. The van der Waals surface area contributed by atoms with Crippen molar-refractivity contribution in [3.8, 4) is 0 Å². The molecule has 6 heteroatoms. The lowest BCUT2D eigenvalue weighted by molar-refractivity contribution is -0.104. The van der Waals surface area contributed by atoms with E-state index in [1.807, 2.05) is 0 Å². The molecule has 0 saturated carbocycles. The molecule has 0 aliphatic carbocycles. The smallest absolute Gasteiger partial charge is 0.408 e. The number of alkyl carbamates (subject to hydrolysis) is 1. The van der Waals surface area contributed by atoms with Crippen molar-refractivity contribution in [1.82, 2.24) is 5.32 Å². The molecule has 1 heterocycles. The number of ether oxygens (including phenoxy) is 1. The monoisotopic (exact) mass is 261 g/mol. The zero-order valence-corrected chi connectivity index (χ0v) is 9.72. The molecular formula is C11H10ClF2NO2. The van der Waals surface area contributed by atoms with Gasteiger partial charge in [-0.25, -0.2) is 13.6 Å². The van der Waals surface area contributed by atoms with Gasteiger partial charge in [0.2, 0.25) is 0 Å². The van der Waals surface area contributed by atoms with Crippen LogP contribution in [-0.2, 0) is 4.74 Å². The zero-order chi connectivity index (χ0) is 12.6. The molecule has 3 nitrogen and oxygen atoms in total. The van der Waals surface area contributed by atoms with Gasteiger partial charge in [0.15, 0.2) is 6.61 Å². The van der Waals surface area contributed by atoms with Crippen molar-refractivity contribution in [1.29, 1.82) is 0 Å². The summed E-state index contributed by atoms with van der Waals surface area (Å²) in [6, 6.07) is 3.16. The van der Waals surface area contributed by atoms with Crippen molar-refractivity contribution in [3.05, 3.63) is 34.3 Å². The quantitative estimate of drug-likeness (QED) is 0.844. The van der Waals surface area contributed by atoms with Gasteiger partial charge in [-0.3, -0.25) is 0 Å². The maximum absolute atomic E-state index is 13.6. The third kappa shape index (κ3) is 2.34. The van der Waals surface area contributed by atoms with E-state index in [-0.39, 0.29) is 0 Å². The highest BCUT2D eigenvalue weighted by Crippen LogP contribution is 2.35. The number of hydrogen-bond acceptors (Lipinski definition) is 2. The summed E-state index contributed by atoms with van der Waals surface area (Å²) in [6.45, 7) is 0.802. The molecule has 1 atom stereocenters. The Kier molecular flexibility index (Phi) is 2.95. The number of rotatable bonds is 1. The Balaban J connectivity index is 2.36. The summed E-state index contributed by atoms with van der Waals surface area (Å²) in [6.07, 6.45) is -0.839. The number of carbonyl (C=O) groups excluding carboxylic acids is 1. The predicted molar refractivity (Wildman–Crippen MR) is 58.4 cm³/mol. The normalized spacial score (nSPS) is 22.8. The molecule has 1 saturated heterocycles. The SMILES string of the molecule is Cc1cc([C@@H]2NC(=O)OCC2(F)F)ccc1Cl. The summed E-state index contributed by atoms with van der Waals surface area (Å²) in [4.78, 5) is 11.0.